The van der Waals surface area contributed by atoms with Crippen LogP contribution >= 0.6 is 0 Å². The van der Waals surface area contributed by atoms with Gasteiger partial charge in [-0.05, 0) is 62.4 Å². The third-order valence-electron chi connectivity index (χ3n) is 4.82. The lowest BCUT2D eigenvalue weighted by molar-refractivity contribution is -0.117. The molecule has 1 amide bonds. The second-order valence-electron chi connectivity index (χ2n) is 7.21. The molecule has 138 valence electrons. The molecule has 2 atom stereocenters. The van der Waals surface area contributed by atoms with E-state index in [4.69, 9.17) is 0 Å². The van der Waals surface area contributed by atoms with Gasteiger partial charge in [0, 0.05) is 11.6 Å². The highest BCUT2D eigenvalue weighted by Crippen LogP contribution is 2.38. The summed E-state index contributed by atoms with van der Waals surface area (Å²) in [6.45, 7) is 7.60. The molecule has 26 heavy (non-hydrogen) atoms. The molecule has 2 N–H and O–H groups in total. The maximum Gasteiger partial charge on any atom is 0.262 e. The Morgan fingerprint density at radius 2 is 1.73 bits per heavy atom. The van der Waals surface area contributed by atoms with Crippen LogP contribution in [0.5, 0.6) is 0 Å². The van der Waals surface area contributed by atoms with Crippen LogP contribution in [-0.4, -0.2) is 14.3 Å². The molecular formula is C20H24N2O3S. The normalized spacial score (nSPS) is 19.1. The van der Waals surface area contributed by atoms with Crippen LogP contribution in [0.15, 0.2) is 41.3 Å². The molecule has 2 aromatic carbocycles. The van der Waals surface area contributed by atoms with Gasteiger partial charge in [0.05, 0.1) is 10.6 Å². The third-order valence-corrected chi connectivity index (χ3v) is 6.33. The molecule has 0 heterocycles. The summed E-state index contributed by atoms with van der Waals surface area (Å²) in [6.07, 6.45) is 0.886. The summed E-state index contributed by atoms with van der Waals surface area (Å²) in [7, 11) is -3.75. The zero-order chi connectivity index (χ0) is 19.1. The first-order valence-corrected chi connectivity index (χ1v) is 10.2. The van der Waals surface area contributed by atoms with Crippen LogP contribution in [0.3, 0.4) is 0 Å². The molecule has 3 rings (SSSR count). The minimum absolute atomic E-state index is 0.0321. The van der Waals surface area contributed by atoms with E-state index in [1.165, 1.54) is 6.07 Å². The number of sulfonamides is 1. The maximum absolute atomic E-state index is 12.9. The average molecular weight is 372 g/mol. The van der Waals surface area contributed by atoms with Crippen LogP contribution < -0.4 is 10.0 Å². The van der Waals surface area contributed by atoms with Crippen LogP contribution in [-0.2, 0) is 14.8 Å². The summed E-state index contributed by atoms with van der Waals surface area (Å²) in [5, 5.41) is 2.83. The van der Waals surface area contributed by atoms with Crippen LogP contribution in [0.1, 0.15) is 30.0 Å². The molecule has 1 aliphatic carbocycles. The average Bonchev–Trinajstić information content (AvgIpc) is 3.29. The number of carbonyl (C=O) groups is 1. The Bertz CT molecular complexity index is 967. The van der Waals surface area contributed by atoms with E-state index in [1.807, 2.05) is 32.9 Å². The smallest absolute Gasteiger partial charge is 0.262 e. The SMILES string of the molecule is Cc1ccc(NS(=O)(=O)c2cc(NC(=O)[C@@H]3C[C@@H]3C)ccc2C)c(C)c1. The largest absolute Gasteiger partial charge is 0.326 e. The van der Waals surface area contributed by atoms with E-state index < -0.39 is 10.0 Å². The van der Waals surface area contributed by atoms with E-state index in [-0.39, 0.29) is 16.7 Å². The molecule has 5 nitrogen and oxygen atoms in total. The van der Waals surface area contributed by atoms with Gasteiger partial charge in [-0.3, -0.25) is 9.52 Å². The van der Waals surface area contributed by atoms with Crippen molar-refractivity contribution in [1.29, 1.82) is 0 Å². The van der Waals surface area contributed by atoms with Crippen LogP contribution in [0.4, 0.5) is 11.4 Å². The number of aryl methyl sites for hydroxylation is 3. The summed E-state index contributed by atoms with van der Waals surface area (Å²) in [4.78, 5) is 12.3. The Hall–Kier alpha value is -2.34. The zero-order valence-corrected chi connectivity index (χ0v) is 16.3. The molecule has 1 fully saturated rings. The Balaban J connectivity index is 1.86. The molecule has 0 radical (unpaired) electrons. The highest BCUT2D eigenvalue weighted by atomic mass is 32.2. The van der Waals surface area contributed by atoms with Gasteiger partial charge >= 0.3 is 0 Å². The number of rotatable bonds is 5. The van der Waals surface area contributed by atoms with Crippen LogP contribution in [0.25, 0.3) is 0 Å². The molecule has 0 aromatic heterocycles. The summed E-state index contributed by atoms with van der Waals surface area (Å²) < 4.78 is 28.4. The van der Waals surface area contributed by atoms with Crippen LogP contribution in [0, 0.1) is 32.6 Å². The second kappa shape index (κ2) is 6.76. The predicted molar refractivity (Wildman–Crippen MR) is 104 cm³/mol. The quantitative estimate of drug-likeness (QED) is 0.833. The first-order chi connectivity index (χ1) is 12.2. The molecule has 0 unspecified atom stereocenters. The number of benzene rings is 2. The van der Waals surface area contributed by atoms with E-state index in [2.05, 4.69) is 10.0 Å². The van der Waals surface area contributed by atoms with Crippen molar-refractivity contribution in [1.82, 2.24) is 0 Å². The maximum atomic E-state index is 12.9. The van der Waals surface area contributed by atoms with Gasteiger partial charge < -0.3 is 5.32 Å². The number of nitrogens with one attached hydrogen (secondary N) is 2. The van der Waals surface area contributed by atoms with Gasteiger partial charge in [-0.15, -0.1) is 0 Å². The van der Waals surface area contributed by atoms with Gasteiger partial charge in [-0.1, -0.05) is 30.7 Å². The van der Waals surface area contributed by atoms with Crippen molar-refractivity contribution in [2.75, 3.05) is 10.0 Å². The molecular weight excluding hydrogens is 348 g/mol. The lowest BCUT2D eigenvalue weighted by Crippen LogP contribution is -2.17. The highest BCUT2D eigenvalue weighted by molar-refractivity contribution is 7.92. The van der Waals surface area contributed by atoms with E-state index in [1.54, 1.807) is 25.1 Å². The zero-order valence-electron chi connectivity index (χ0n) is 15.5. The number of carbonyl (C=O) groups excluding carboxylic acids is 1. The van der Waals surface area contributed by atoms with Gasteiger partial charge in [-0.25, -0.2) is 8.42 Å². The molecule has 0 bridgehead atoms. The van der Waals surface area contributed by atoms with Crippen molar-refractivity contribution >= 4 is 27.3 Å². The topological polar surface area (TPSA) is 75.3 Å². The summed E-state index contributed by atoms with van der Waals surface area (Å²) in [6, 6.07) is 10.5. The van der Waals surface area contributed by atoms with Gasteiger partial charge in [0.15, 0.2) is 0 Å². The molecule has 1 saturated carbocycles. The molecule has 0 spiro atoms. The fraction of sp³-hybridized carbons (Fsp3) is 0.350. The van der Waals surface area contributed by atoms with Gasteiger partial charge in [-0.2, -0.15) is 0 Å². The van der Waals surface area contributed by atoms with E-state index in [0.717, 1.165) is 17.5 Å². The number of amides is 1. The van der Waals surface area contributed by atoms with Crippen molar-refractivity contribution < 1.29 is 13.2 Å². The summed E-state index contributed by atoms with van der Waals surface area (Å²) in [5.41, 5.74) is 3.61. The van der Waals surface area contributed by atoms with Crippen molar-refractivity contribution in [2.24, 2.45) is 11.8 Å². The Labute approximate surface area is 154 Å². The lowest BCUT2D eigenvalue weighted by atomic mass is 10.1. The number of hydrogen-bond donors (Lipinski definition) is 2. The van der Waals surface area contributed by atoms with Gasteiger partial charge in [0.1, 0.15) is 0 Å². The monoisotopic (exact) mass is 372 g/mol. The molecule has 0 saturated heterocycles. The lowest BCUT2D eigenvalue weighted by Gasteiger charge is -2.14. The predicted octanol–water partition coefficient (Wildman–Crippen LogP) is 4.01. The van der Waals surface area contributed by atoms with E-state index >= 15 is 0 Å². The third kappa shape index (κ3) is 3.90. The molecule has 2 aromatic rings. The van der Waals surface area contributed by atoms with Gasteiger partial charge in [0.2, 0.25) is 5.91 Å². The molecule has 1 aliphatic rings. The number of hydrogen-bond acceptors (Lipinski definition) is 3. The van der Waals surface area contributed by atoms with Crippen molar-refractivity contribution in [2.45, 2.75) is 39.0 Å². The second-order valence-corrected chi connectivity index (χ2v) is 8.86. The minimum Gasteiger partial charge on any atom is -0.326 e. The molecule has 6 heteroatoms. The first kappa shape index (κ1) is 18.5. The fourth-order valence-corrected chi connectivity index (χ4v) is 4.42. The van der Waals surface area contributed by atoms with Crippen molar-refractivity contribution in [3.05, 3.63) is 53.1 Å². The number of anilines is 2. The highest BCUT2D eigenvalue weighted by Gasteiger charge is 2.39. The summed E-state index contributed by atoms with van der Waals surface area (Å²) in [5.74, 6) is 0.381. The summed E-state index contributed by atoms with van der Waals surface area (Å²) >= 11 is 0. The Kier molecular flexibility index (Phi) is 4.80. The standard InChI is InChI=1S/C20H24N2O3S/c1-12-5-8-18(15(4)9-12)22-26(24,25)19-11-16(7-6-13(19)2)21-20(23)17-10-14(17)3/h5-9,11,14,17,22H,10H2,1-4H3,(H,21,23)/t14-,17+/m0/s1. The minimum atomic E-state index is -3.75. The van der Waals surface area contributed by atoms with E-state index in [9.17, 15) is 13.2 Å². The first-order valence-electron chi connectivity index (χ1n) is 8.69. The van der Waals surface area contributed by atoms with Crippen molar-refractivity contribution in [3.8, 4) is 0 Å². The Morgan fingerprint density at radius 1 is 1.04 bits per heavy atom. The van der Waals surface area contributed by atoms with E-state index in [0.29, 0.717) is 22.9 Å². The van der Waals surface area contributed by atoms with Crippen LogP contribution in [0.2, 0.25) is 0 Å². The fourth-order valence-electron chi connectivity index (χ4n) is 3.02. The Morgan fingerprint density at radius 3 is 2.35 bits per heavy atom. The van der Waals surface area contributed by atoms with Gasteiger partial charge in [0.25, 0.3) is 10.0 Å². The molecule has 0 aliphatic heterocycles. The van der Waals surface area contributed by atoms with Crippen molar-refractivity contribution in [3.63, 3.8) is 0 Å².